The number of ether oxygens (including phenoxy) is 4. The molecule has 8 unspecified atom stereocenters. The van der Waals surface area contributed by atoms with Gasteiger partial charge in [0.2, 0.25) is 12.0 Å². The standard InChI is InChI=1S/C13H21NO19S3/c1-28-12-7(14-34(19,20)21)8(16)10(6(31-12)3-29-35(22,23)24)32-13-9(33-36(25,26)27)4(15)2-5(30-13)11(17)18/h2,4,6-10,12-16H,3H2,1H3,(H,17,18)(H,19,20,21)(H,22,23,24)(H,25,26,27). The molecule has 20 nitrogen and oxygen atoms in total. The Kier molecular flexibility index (Phi) is 9.73. The van der Waals surface area contributed by atoms with Crippen LogP contribution in [0, 0.1) is 0 Å². The number of carbonyl (C=O) groups is 1. The quantitative estimate of drug-likeness (QED) is 0.111. The van der Waals surface area contributed by atoms with E-state index >= 15 is 0 Å². The third kappa shape index (κ3) is 8.77. The Morgan fingerprint density at radius 1 is 1.03 bits per heavy atom. The smallest absolute Gasteiger partial charge is 0.397 e. The van der Waals surface area contributed by atoms with Crippen LogP contribution in [0.3, 0.4) is 0 Å². The highest BCUT2D eigenvalue weighted by Gasteiger charge is 2.51. The highest BCUT2D eigenvalue weighted by Crippen LogP contribution is 2.30. The molecule has 36 heavy (non-hydrogen) atoms. The molecule has 0 saturated carbocycles. The second-order valence-electron chi connectivity index (χ2n) is 7.00. The largest absolute Gasteiger partial charge is 0.475 e. The monoisotopic (exact) mass is 591 g/mol. The summed E-state index contributed by atoms with van der Waals surface area (Å²) in [6, 6.07) is -1.92. The Morgan fingerprint density at radius 2 is 1.64 bits per heavy atom. The van der Waals surface area contributed by atoms with E-state index in [2.05, 4.69) is 8.37 Å². The first kappa shape index (κ1) is 30.6. The maximum atomic E-state index is 11.3. The van der Waals surface area contributed by atoms with Crippen molar-refractivity contribution >= 4 is 37.1 Å². The third-order valence-electron chi connectivity index (χ3n) is 4.48. The summed E-state index contributed by atoms with van der Waals surface area (Å²) in [6.45, 7) is -1.17. The Morgan fingerprint density at radius 3 is 2.11 bits per heavy atom. The molecule has 0 amide bonds. The van der Waals surface area contributed by atoms with Gasteiger partial charge in [-0.05, 0) is 6.08 Å². The van der Waals surface area contributed by atoms with Crippen molar-refractivity contribution in [3.63, 3.8) is 0 Å². The molecule has 210 valence electrons. The van der Waals surface area contributed by atoms with Gasteiger partial charge in [-0.3, -0.25) is 13.7 Å². The molecular formula is C13H21NO19S3. The van der Waals surface area contributed by atoms with E-state index in [4.69, 9.17) is 37.7 Å². The van der Waals surface area contributed by atoms with Crippen LogP contribution in [0.25, 0.3) is 0 Å². The Labute approximate surface area is 203 Å². The van der Waals surface area contributed by atoms with Crippen LogP contribution in [0.1, 0.15) is 0 Å². The highest BCUT2D eigenvalue weighted by molar-refractivity contribution is 7.83. The second kappa shape index (κ2) is 11.4. The van der Waals surface area contributed by atoms with Crippen LogP contribution in [0.4, 0.5) is 0 Å². The maximum absolute atomic E-state index is 11.3. The summed E-state index contributed by atoms with van der Waals surface area (Å²) in [6.07, 6.45) is -14.1. The highest BCUT2D eigenvalue weighted by atomic mass is 32.3. The number of rotatable bonds is 11. The molecule has 2 aliphatic heterocycles. The van der Waals surface area contributed by atoms with Crippen molar-refractivity contribution in [3.8, 4) is 0 Å². The van der Waals surface area contributed by atoms with Gasteiger partial charge in [0.05, 0.1) is 6.61 Å². The van der Waals surface area contributed by atoms with E-state index in [0.717, 1.165) is 7.11 Å². The van der Waals surface area contributed by atoms with Gasteiger partial charge in [0.1, 0.15) is 30.5 Å². The molecule has 2 aliphatic rings. The van der Waals surface area contributed by atoms with Crippen molar-refractivity contribution in [1.29, 1.82) is 0 Å². The zero-order valence-corrected chi connectivity index (χ0v) is 20.1. The molecule has 1 fully saturated rings. The zero-order chi connectivity index (χ0) is 27.6. The molecule has 8 atom stereocenters. The summed E-state index contributed by atoms with van der Waals surface area (Å²) in [5.41, 5.74) is 0. The van der Waals surface area contributed by atoms with E-state index < -0.39 is 98.6 Å². The van der Waals surface area contributed by atoms with Crippen LogP contribution in [0.15, 0.2) is 11.8 Å². The Bertz CT molecular complexity index is 1150. The number of aliphatic hydroxyl groups is 2. The van der Waals surface area contributed by atoms with Gasteiger partial charge in [0, 0.05) is 7.11 Å². The van der Waals surface area contributed by atoms with E-state index in [1.165, 1.54) is 4.72 Å². The van der Waals surface area contributed by atoms with Crippen molar-refractivity contribution in [2.24, 2.45) is 0 Å². The number of methoxy groups -OCH3 is 1. The van der Waals surface area contributed by atoms with Crippen LogP contribution in [-0.2, 0) is 63.2 Å². The minimum absolute atomic E-state index is 0.467. The molecular weight excluding hydrogens is 570 g/mol. The van der Waals surface area contributed by atoms with Crippen LogP contribution in [-0.4, -0.2) is 123 Å². The summed E-state index contributed by atoms with van der Waals surface area (Å²) in [4.78, 5) is 11.3. The average Bonchev–Trinajstić information content (AvgIpc) is 2.69. The molecule has 0 bridgehead atoms. The molecule has 0 radical (unpaired) electrons. The molecule has 0 aromatic heterocycles. The van der Waals surface area contributed by atoms with Gasteiger partial charge in [-0.2, -0.15) is 30.0 Å². The molecule has 2 heterocycles. The van der Waals surface area contributed by atoms with Crippen LogP contribution >= 0.6 is 0 Å². The summed E-state index contributed by atoms with van der Waals surface area (Å²) < 4.78 is 124. The van der Waals surface area contributed by atoms with E-state index in [1.807, 2.05) is 0 Å². The van der Waals surface area contributed by atoms with Crippen molar-refractivity contribution in [3.05, 3.63) is 11.8 Å². The van der Waals surface area contributed by atoms with Crippen molar-refractivity contribution in [2.75, 3.05) is 13.7 Å². The number of carboxylic acid groups (broad SMARTS) is 1. The maximum Gasteiger partial charge on any atom is 0.397 e. The predicted molar refractivity (Wildman–Crippen MR) is 106 cm³/mol. The molecule has 0 aliphatic carbocycles. The fourth-order valence-electron chi connectivity index (χ4n) is 3.14. The van der Waals surface area contributed by atoms with E-state index in [-0.39, 0.29) is 0 Å². The summed E-state index contributed by atoms with van der Waals surface area (Å²) >= 11 is 0. The Hall–Kier alpha value is -1.58. The third-order valence-corrected chi connectivity index (χ3v) is 5.95. The lowest BCUT2D eigenvalue weighted by molar-refractivity contribution is -0.307. The predicted octanol–water partition coefficient (Wildman–Crippen LogP) is -4.44. The molecule has 7 N–H and O–H groups in total. The SMILES string of the molecule is COC1OC(COS(=O)(=O)O)C(OC2OC(C(=O)O)=CC(O)C2OS(=O)(=O)O)C(O)C1NS(=O)(=O)O. The molecule has 0 spiro atoms. The molecule has 0 aromatic carbocycles. The van der Waals surface area contributed by atoms with Crippen LogP contribution < -0.4 is 4.72 Å². The van der Waals surface area contributed by atoms with Gasteiger partial charge in [-0.25, -0.2) is 13.2 Å². The number of carboxylic acids is 1. The van der Waals surface area contributed by atoms with E-state index in [1.54, 1.807) is 0 Å². The zero-order valence-electron chi connectivity index (χ0n) is 17.6. The first-order chi connectivity index (χ1) is 16.3. The summed E-state index contributed by atoms with van der Waals surface area (Å²) in [5, 5.41) is 30.0. The average molecular weight is 592 g/mol. The summed E-state index contributed by atoms with van der Waals surface area (Å²) in [5.74, 6) is -2.83. The lowest BCUT2D eigenvalue weighted by atomic mass is 9.97. The number of hydrogen-bond acceptors (Lipinski definition) is 15. The van der Waals surface area contributed by atoms with Crippen molar-refractivity contribution in [2.45, 2.75) is 49.1 Å². The van der Waals surface area contributed by atoms with Crippen LogP contribution in [0.5, 0.6) is 0 Å². The molecule has 0 aromatic rings. The number of hydrogen-bond donors (Lipinski definition) is 7. The fraction of sp³-hybridized carbons (Fsp3) is 0.769. The number of nitrogens with one attached hydrogen (secondary N) is 1. The van der Waals surface area contributed by atoms with E-state index in [0.29, 0.717) is 6.08 Å². The van der Waals surface area contributed by atoms with Crippen LogP contribution in [0.2, 0.25) is 0 Å². The van der Waals surface area contributed by atoms with Gasteiger partial charge >= 0.3 is 37.1 Å². The lowest BCUT2D eigenvalue weighted by Crippen LogP contribution is -2.66. The first-order valence-corrected chi connectivity index (χ1v) is 13.3. The summed E-state index contributed by atoms with van der Waals surface area (Å²) in [7, 11) is -14.6. The van der Waals surface area contributed by atoms with Crippen molar-refractivity contribution < 1.29 is 86.3 Å². The Balaban J connectivity index is 2.48. The number of aliphatic carboxylic acids is 1. The second-order valence-corrected chi connectivity index (χ2v) is 10.3. The first-order valence-electron chi connectivity index (χ1n) is 9.15. The van der Waals surface area contributed by atoms with Gasteiger partial charge < -0.3 is 34.3 Å². The normalized spacial score (nSPS) is 34.0. The molecule has 2 rings (SSSR count). The van der Waals surface area contributed by atoms with Crippen molar-refractivity contribution in [1.82, 2.24) is 4.72 Å². The minimum atomic E-state index is -5.34. The van der Waals surface area contributed by atoms with Gasteiger partial charge in [0.25, 0.3) is 0 Å². The van der Waals surface area contributed by atoms with Gasteiger partial charge in [-0.15, -0.1) is 0 Å². The molecule has 1 saturated heterocycles. The lowest BCUT2D eigenvalue weighted by Gasteiger charge is -2.45. The topological polar surface area (TPSA) is 308 Å². The minimum Gasteiger partial charge on any atom is -0.475 e. The van der Waals surface area contributed by atoms with E-state index in [9.17, 15) is 40.3 Å². The number of aliphatic hydroxyl groups excluding tert-OH is 2. The fourth-order valence-corrected chi connectivity index (χ4v) is 4.53. The van der Waals surface area contributed by atoms with Gasteiger partial charge in [0.15, 0.2) is 12.4 Å². The molecule has 23 heteroatoms. The van der Waals surface area contributed by atoms with Gasteiger partial charge in [-0.1, -0.05) is 0 Å².